The minimum absolute atomic E-state index is 0.272. The average molecular weight is 437 g/mol. The van der Waals surface area contributed by atoms with E-state index in [4.69, 9.17) is 4.74 Å². The van der Waals surface area contributed by atoms with Crippen LogP contribution in [0.4, 0.5) is 13.2 Å². The van der Waals surface area contributed by atoms with E-state index in [0.29, 0.717) is 16.8 Å². The Bertz CT molecular complexity index is 1270. The van der Waals surface area contributed by atoms with Gasteiger partial charge in [-0.15, -0.1) is 0 Å². The molecule has 4 aromatic rings. The van der Waals surface area contributed by atoms with E-state index in [-0.39, 0.29) is 11.3 Å². The highest BCUT2D eigenvalue weighted by Gasteiger charge is 2.37. The minimum Gasteiger partial charge on any atom is -0.497 e. The summed E-state index contributed by atoms with van der Waals surface area (Å²) in [6.45, 7) is 0. The van der Waals surface area contributed by atoms with E-state index >= 15 is 0 Å². The van der Waals surface area contributed by atoms with Crippen molar-refractivity contribution in [3.8, 4) is 5.75 Å². The molecule has 0 radical (unpaired) electrons. The van der Waals surface area contributed by atoms with E-state index in [0.717, 1.165) is 11.5 Å². The molecule has 32 heavy (non-hydrogen) atoms. The van der Waals surface area contributed by atoms with E-state index in [9.17, 15) is 18.0 Å². The van der Waals surface area contributed by atoms with Gasteiger partial charge in [-0.2, -0.15) is 13.2 Å². The van der Waals surface area contributed by atoms with Crippen LogP contribution in [-0.4, -0.2) is 23.0 Å². The highest BCUT2D eigenvalue weighted by Crippen LogP contribution is 2.36. The van der Waals surface area contributed by atoms with Gasteiger partial charge in [0, 0.05) is 23.3 Å². The molecule has 0 saturated heterocycles. The summed E-state index contributed by atoms with van der Waals surface area (Å²) in [5.74, 6) is -0.106. The maximum atomic E-state index is 13.7. The second kappa shape index (κ2) is 8.66. The number of methoxy groups -OCH3 is 1. The molecule has 0 fully saturated rings. The summed E-state index contributed by atoms with van der Waals surface area (Å²) in [5.41, 5.74) is 0.0510. The molecular formula is C24H18F3N3O2. The Morgan fingerprint density at radius 1 is 0.969 bits per heavy atom. The molecule has 0 saturated carbocycles. The Labute approximate surface area is 181 Å². The monoisotopic (exact) mass is 437 g/mol. The highest BCUT2D eigenvalue weighted by molar-refractivity contribution is 5.98. The van der Waals surface area contributed by atoms with Crippen molar-refractivity contribution in [3.05, 3.63) is 102 Å². The number of rotatable bonds is 5. The highest BCUT2D eigenvalue weighted by atomic mass is 19.4. The normalized spacial score (nSPS) is 12.4. The van der Waals surface area contributed by atoms with Gasteiger partial charge in [0.1, 0.15) is 5.75 Å². The van der Waals surface area contributed by atoms with Gasteiger partial charge in [0.2, 0.25) is 0 Å². The van der Waals surface area contributed by atoms with Crippen molar-refractivity contribution in [2.75, 3.05) is 7.11 Å². The van der Waals surface area contributed by atoms with E-state index in [2.05, 4.69) is 15.3 Å². The maximum absolute atomic E-state index is 13.7. The van der Waals surface area contributed by atoms with Crippen LogP contribution in [0.25, 0.3) is 10.9 Å². The molecule has 4 rings (SSSR count). The molecule has 2 aromatic heterocycles. The number of hydrogen-bond acceptors (Lipinski definition) is 4. The summed E-state index contributed by atoms with van der Waals surface area (Å²) in [5, 5.41) is 3.55. The zero-order valence-electron chi connectivity index (χ0n) is 16.9. The van der Waals surface area contributed by atoms with Crippen LogP contribution in [0, 0.1) is 0 Å². The van der Waals surface area contributed by atoms with Crippen LogP contribution in [0.1, 0.15) is 33.2 Å². The van der Waals surface area contributed by atoms with Crippen molar-refractivity contribution in [1.29, 1.82) is 0 Å². The lowest BCUT2D eigenvalue weighted by Crippen LogP contribution is -2.31. The second-order valence-corrected chi connectivity index (χ2v) is 7.03. The van der Waals surface area contributed by atoms with Crippen LogP contribution >= 0.6 is 0 Å². The first-order valence-electron chi connectivity index (χ1n) is 9.68. The summed E-state index contributed by atoms with van der Waals surface area (Å²) in [4.78, 5) is 21.3. The van der Waals surface area contributed by atoms with E-state index < -0.39 is 23.7 Å². The number of halogens is 3. The maximum Gasteiger partial charge on any atom is 0.418 e. The van der Waals surface area contributed by atoms with Gasteiger partial charge in [-0.1, -0.05) is 24.3 Å². The Kier molecular flexibility index (Phi) is 5.77. The number of ether oxygens (including phenoxy) is 1. The summed E-state index contributed by atoms with van der Waals surface area (Å²) in [6, 6.07) is 16.1. The molecule has 0 spiro atoms. The summed E-state index contributed by atoms with van der Waals surface area (Å²) in [6.07, 6.45) is -1.77. The molecule has 0 bridgehead atoms. The molecular weight excluding hydrogens is 419 g/mol. The minimum atomic E-state index is -4.64. The number of amides is 1. The van der Waals surface area contributed by atoms with Crippen LogP contribution in [0.5, 0.6) is 5.75 Å². The Morgan fingerprint density at radius 3 is 2.53 bits per heavy atom. The van der Waals surface area contributed by atoms with Crippen molar-refractivity contribution in [3.63, 3.8) is 0 Å². The number of nitrogens with zero attached hydrogens (tertiary/aromatic N) is 2. The summed E-state index contributed by atoms with van der Waals surface area (Å²) >= 11 is 0. The van der Waals surface area contributed by atoms with Gasteiger partial charge in [-0.25, -0.2) is 0 Å². The van der Waals surface area contributed by atoms with Crippen LogP contribution in [0.3, 0.4) is 0 Å². The lowest BCUT2D eigenvalue weighted by atomic mass is 9.98. The number of alkyl halides is 3. The zero-order valence-corrected chi connectivity index (χ0v) is 16.9. The summed E-state index contributed by atoms with van der Waals surface area (Å²) in [7, 11) is 1.46. The number of nitrogens with one attached hydrogen (secondary N) is 1. The summed E-state index contributed by atoms with van der Waals surface area (Å²) < 4.78 is 46.4. The van der Waals surface area contributed by atoms with E-state index in [1.807, 2.05) is 6.07 Å². The predicted octanol–water partition coefficient (Wildman–Crippen LogP) is 5.18. The lowest BCUT2D eigenvalue weighted by molar-refractivity contribution is -0.138. The average Bonchev–Trinajstić information content (AvgIpc) is 2.81. The number of hydrogen-bond donors (Lipinski definition) is 1. The molecule has 0 aliphatic carbocycles. The van der Waals surface area contributed by atoms with Crippen molar-refractivity contribution in [2.24, 2.45) is 0 Å². The van der Waals surface area contributed by atoms with Gasteiger partial charge in [-0.3, -0.25) is 14.8 Å². The van der Waals surface area contributed by atoms with Gasteiger partial charge in [0.15, 0.2) is 0 Å². The first-order valence-corrected chi connectivity index (χ1v) is 9.68. The van der Waals surface area contributed by atoms with E-state index in [1.54, 1.807) is 54.7 Å². The SMILES string of the molecule is COc1cccc([C@H](NC(=O)c2ccc3cccnc3c2)c2ncccc2C(F)(F)F)c1. The molecule has 0 aliphatic heterocycles. The first kappa shape index (κ1) is 21.3. The second-order valence-electron chi connectivity index (χ2n) is 7.03. The first-order chi connectivity index (χ1) is 15.4. The smallest absolute Gasteiger partial charge is 0.418 e. The standard InChI is InChI=1S/C24H18F3N3O2/c1-32-18-7-2-5-16(13-18)21(22-19(24(25,26)27)8-4-12-29-22)30-23(31)17-10-9-15-6-3-11-28-20(15)14-17/h2-14,21H,1H3,(H,30,31)/t21-/m0/s1. The van der Waals surface area contributed by atoms with Crippen LogP contribution in [0.2, 0.25) is 0 Å². The largest absolute Gasteiger partial charge is 0.497 e. The molecule has 5 nitrogen and oxygen atoms in total. The molecule has 162 valence electrons. The third-order valence-electron chi connectivity index (χ3n) is 4.99. The molecule has 1 N–H and O–H groups in total. The fourth-order valence-corrected chi connectivity index (χ4v) is 3.44. The third-order valence-corrected chi connectivity index (χ3v) is 4.99. The molecule has 1 atom stereocenters. The number of aromatic nitrogens is 2. The quantitative estimate of drug-likeness (QED) is 0.468. The third kappa shape index (κ3) is 4.39. The number of carbonyl (C=O) groups is 1. The van der Waals surface area contributed by atoms with E-state index in [1.165, 1.54) is 19.4 Å². The van der Waals surface area contributed by atoms with Crippen LogP contribution in [0.15, 0.2) is 79.1 Å². The molecule has 2 aromatic carbocycles. The predicted molar refractivity (Wildman–Crippen MR) is 113 cm³/mol. The van der Waals surface area contributed by atoms with Gasteiger partial charge < -0.3 is 10.1 Å². The van der Waals surface area contributed by atoms with Crippen molar-refractivity contribution in [2.45, 2.75) is 12.2 Å². The molecule has 0 unspecified atom stereocenters. The van der Waals surface area contributed by atoms with Gasteiger partial charge in [0.05, 0.1) is 29.9 Å². The number of pyridine rings is 2. The fraction of sp³-hybridized carbons (Fsp3) is 0.125. The van der Waals surface area contributed by atoms with Crippen LogP contribution in [-0.2, 0) is 6.18 Å². The van der Waals surface area contributed by atoms with Gasteiger partial charge in [-0.05, 0) is 48.0 Å². The molecule has 2 heterocycles. The van der Waals surface area contributed by atoms with Crippen molar-refractivity contribution < 1.29 is 22.7 Å². The Morgan fingerprint density at radius 2 is 1.75 bits per heavy atom. The number of benzene rings is 2. The number of carbonyl (C=O) groups excluding carboxylic acids is 1. The van der Waals surface area contributed by atoms with Crippen LogP contribution < -0.4 is 10.1 Å². The van der Waals surface area contributed by atoms with Gasteiger partial charge in [0.25, 0.3) is 5.91 Å². The fourth-order valence-electron chi connectivity index (χ4n) is 3.44. The lowest BCUT2D eigenvalue weighted by Gasteiger charge is -2.23. The molecule has 8 heteroatoms. The van der Waals surface area contributed by atoms with Crippen molar-refractivity contribution in [1.82, 2.24) is 15.3 Å². The Balaban J connectivity index is 1.78. The van der Waals surface area contributed by atoms with Crippen molar-refractivity contribution >= 4 is 16.8 Å². The molecule has 0 aliphatic rings. The molecule has 1 amide bonds. The number of fused-ring (bicyclic) bond motifs is 1. The Hall–Kier alpha value is -3.94. The topological polar surface area (TPSA) is 64.1 Å². The zero-order chi connectivity index (χ0) is 22.7. The van der Waals surface area contributed by atoms with Gasteiger partial charge >= 0.3 is 6.18 Å².